The number of amides is 1. The molecular weight excluding hydrogens is 400 g/mol. The van der Waals surface area contributed by atoms with E-state index in [4.69, 9.17) is 4.74 Å². The summed E-state index contributed by atoms with van der Waals surface area (Å²) in [6.07, 6.45) is 0. The van der Waals surface area contributed by atoms with Crippen molar-refractivity contribution in [1.82, 2.24) is 9.78 Å². The van der Waals surface area contributed by atoms with Crippen LogP contribution in [0.25, 0.3) is 16.9 Å². The number of nitrogens with zero attached hydrogens (tertiary/aromatic N) is 2. The summed E-state index contributed by atoms with van der Waals surface area (Å²) in [5, 5.41) is 7.39. The number of carbonyl (C=O) groups excluding carboxylic acids is 1. The molecule has 1 aromatic heterocycles. The van der Waals surface area contributed by atoms with Crippen LogP contribution in [-0.4, -0.2) is 22.8 Å². The predicted molar refractivity (Wildman–Crippen MR) is 115 cm³/mol. The van der Waals surface area contributed by atoms with Gasteiger partial charge in [-0.05, 0) is 61.5 Å². The van der Waals surface area contributed by atoms with Crippen LogP contribution in [0.15, 0.2) is 72.8 Å². The summed E-state index contributed by atoms with van der Waals surface area (Å²) in [6, 6.07) is 19.7. The molecule has 7 heteroatoms. The third-order valence-corrected chi connectivity index (χ3v) is 4.80. The van der Waals surface area contributed by atoms with Gasteiger partial charge in [0, 0.05) is 17.2 Å². The Hall–Kier alpha value is -4.00. The minimum absolute atomic E-state index is 0.00144. The Labute approximate surface area is 177 Å². The first-order chi connectivity index (χ1) is 14.9. The quantitative estimate of drug-likeness (QED) is 0.472. The van der Waals surface area contributed by atoms with E-state index >= 15 is 0 Å². The van der Waals surface area contributed by atoms with Crippen LogP contribution in [-0.2, 0) is 0 Å². The number of anilines is 1. The minimum Gasteiger partial charge on any atom is -0.497 e. The number of methoxy groups -OCH3 is 1. The molecule has 31 heavy (non-hydrogen) atoms. The van der Waals surface area contributed by atoms with Crippen molar-refractivity contribution in [2.45, 2.75) is 6.92 Å². The minimum atomic E-state index is -1.08. The van der Waals surface area contributed by atoms with E-state index in [1.807, 2.05) is 55.5 Å². The Kier molecular flexibility index (Phi) is 5.49. The molecule has 0 aliphatic heterocycles. The van der Waals surface area contributed by atoms with E-state index in [1.54, 1.807) is 17.9 Å². The molecule has 0 atom stereocenters. The van der Waals surface area contributed by atoms with Crippen LogP contribution < -0.4 is 10.1 Å². The maximum absolute atomic E-state index is 13.6. The van der Waals surface area contributed by atoms with Gasteiger partial charge in [-0.15, -0.1) is 0 Å². The lowest BCUT2D eigenvalue weighted by atomic mass is 10.1. The van der Waals surface area contributed by atoms with Gasteiger partial charge in [-0.3, -0.25) is 4.79 Å². The molecule has 0 saturated carbocycles. The van der Waals surface area contributed by atoms with Crippen LogP contribution >= 0.6 is 0 Å². The van der Waals surface area contributed by atoms with Crippen molar-refractivity contribution in [2.75, 3.05) is 12.4 Å². The highest BCUT2D eigenvalue weighted by Crippen LogP contribution is 2.27. The lowest BCUT2D eigenvalue weighted by Gasteiger charge is -2.09. The fourth-order valence-electron chi connectivity index (χ4n) is 3.08. The summed E-state index contributed by atoms with van der Waals surface area (Å²) in [7, 11) is 1.59. The second-order valence-corrected chi connectivity index (χ2v) is 6.97. The van der Waals surface area contributed by atoms with Gasteiger partial charge in [0.2, 0.25) is 0 Å². The van der Waals surface area contributed by atoms with E-state index in [0.717, 1.165) is 28.9 Å². The highest BCUT2D eigenvalue weighted by Gasteiger charge is 2.16. The zero-order chi connectivity index (χ0) is 22.0. The number of benzene rings is 3. The van der Waals surface area contributed by atoms with E-state index in [0.29, 0.717) is 17.3 Å². The largest absolute Gasteiger partial charge is 0.497 e. The maximum Gasteiger partial charge on any atom is 0.256 e. The lowest BCUT2D eigenvalue weighted by molar-refractivity contribution is 0.102. The summed E-state index contributed by atoms with van der Waals surface area (Å²) in [5.41, 5.74) is 3.28. The Morgan fingerprint density at radius 3 is 2.29 bits per heavy atom. The number of hydrogen-bond donors (Lipinski definition) is 1. The molecule has 0 fully saturated rings. The molecule has 1 N–H and O–H groups in total. The van der Waals surface area contributed by atoms with Crippen molar-refractivity contribution >= 4 is 11.7 Å². The van der Waals surface area contributed by atoms with Gasteiger partial charge >= 0.3 is 0 Å². The second-order valence-electron chi connectivity index (χ2n) is 6.97. The van der Waals surface area contributed by atoms with Gasteiger partial charge in [-0.25, -0.2) is 13.5 Å². The van der Waals surface area contributed by atoms with Gasteiger partial charge in [-0.2, -0.15) is 5.10 Å². The van der Waals surface area contributed by atoms with Crippen molar-refractivity contribution in [1.29, 1.82) is 0 Å². The van der Waals surface area contributed by atoms with Crippen LogP contribution in [0, 0.1) is 18.6 Å². The maximum atomic E-state index is 13.6. The SMILES string of the molecule is COc1ccc(-c2cc(NC(=O)c3ccc(F)c(F)c3)n(-c3ccc(C)cc3)n2)cc1. The van der Waals surface area contributed by atoms with Crippen molar-refractivity contribution in [3.8, 4) is 22.7 Å². The molecule has 0 aliphatic rings. The fourth-order valence-corrected chi connectivity index (χ4v) is 3.08. The molecule has 4 rings (SSSR count). The van der Waals surface area contributed by atoms with Gasteiger partial charge in [0.1, 0.15) is 11.6 Å². The van der Waals surface area contributed by atoms with Crippen LogP contribution in [0.4, 0.5) is 14.6 Å². The predicted octanol–water partition coefficient (Wildman–Crippen LogP) is 5.39. The molecule has 4 aromatic rings. The van der Waals surface area contributed by atoms with E-state index in [1.165, 1.54) is 6.07 Å². The van der Waals surface area contributed by atoms with Crippen molar-refractivity contribution < 1.29 is 18.3 Å². The van der Waals surface area contributed by atoms with Crippen LogP contribution in [0.2, 0.25) is 0 Å². The lowest BCUT2D eigenvalue weighted by Crippen LogP contribution is -2.15. The smallest absolute Gasteiger partial charge is 0.256 e. The average Bonchev–Trinajstić information content (AvgIpc) is 3.20. The molecule has 0 radical (unpaired) electrons. The third kappa shape index (κ3) is 4.30. The number of hydrogen-bond acceptors (Lipinski definition) is 3. The summed E-state index contributed by atoms with van der Waals surface area (Å²) in [6.45, 7) is 1.97. The van der Waals surface area contributed by atoms with Crippen molar-refractivity contribution in [2.24, 2.45) is 0 Å². The summed E-state index contributed by atoms with van der Waals surface area (Å²) in [5.74, 6) is -1.56. The highest BCUT2D eigenvalue weighted by molar-refractivity contribution is 6.04. The number of aromatic nitrogens is 2. The Morgan fingerprint density at radius 2 is 1.65 bits per heavy atom. The molecule has 0 saturated heterocycles. The average molecular weight is 419 g/mol. The van der Waals surface area contributed by atoms with Gasteiger partial charge in [-0.1, -0.05) is 17.7 Å². The van der Waals surface area contributed by atoms with E-state index in [9.17, 15) is 13.6 Å². The number of halogens is 2. The second kappa shape index (κ2) is 8.39. The third-order valence-electron chi connectivity index (χ3n) is 4.80. The summed E-state index contributed by atoms with van der Waals surface area (Å²) in [4.78, 5) is 12.7. The fraction of sp³-hybridized carbons (Fsp3) is 0.0833. The van der Waals surface area contributed by atoms with Crippen LogP contribution in [0.1, 0.15) is 15.9 Å². The molecular formula is C24H19F2N3O2. The van der Waals surface area contributed by atoms with E-state index < -0.39 is 17.5 Å². The number of rotatable bonds is 5. The first-order valence-corrected chi connectivity index (χ1v) is 9.52. The molecule has 0 aliphatic carbocycles. The molecule has 3 aromatic carbocycles. The first-order valence-electron chi connectivity index (χ1n) is 9.52. The molecule has 0 spiro atoms. The molecule has 1 heterocycles. The highest BCUT2D eigenvalue weighted by atomic mass is 19.2. The Morgan fingerprint density at radius 1 is 0.935 bits per heavy atom. The van der Waals surface area contributed by atoms with Gasteiger partial charge in [0.15, 0.2) is 11.6 Å². The molecule has 0 bridgehead atoms. The van der Waals surface area contributed by atoms with E-state index in [2.05, 4.69) is 10.4 Å². The normalized spacial score (nSPS) is 10.7. The number of ether oxygens (including phenoxy) is 1. The molecule has 0 unspecified atom stereocenters. The van der Waals surface area contributed by atoms with Crippen molar-refractivity contribution in [3.63, 3.8) is 0 Å². The molecule has 5 nitrogen and oxygen atoms in total. The first kappa shape index (κ1) is 20.3. The summed E-state index contributed by atoms with van der Waals surface area (Å²) >= 11 is 0. The standard InChI is InChI=1S/C24H19F2N3O2/c1-15-3-8-18(9-4-15)29-23(27-24(30)17-7-12-20(25)21(26)13-17)14-22(28-29)16-5-10-19(31-2)11-6-16/h3-14H,1-2H3,(H,27,30). The Balaban J connectivity index is 1.73. The zero-order valence-electron chi connectivity index (χ0n) is 16.9. The molecule has 1 amide bonds. The summed E-state index contributed by atoms with van der Waals surface area (Å²) < 4.78 is 33.6. The van der Waals surface area contributed by atoms with Crippen LogP contribution in [0.5, 0.6) is 5.75 Å². The molecule has 156 valence electrons. The monoisotopic (exact) mass is 419 g/mol. The van der Waals surface area contributed by atoms with Gasteiger partial charge in [0.25, 0.3) is 5.91 Å². The van der Waals surface area contributed by atoms with Crippen LogP contribution in [0.3, 0.4) is 0 Å². The van der Waals surface area contributed by atoms with Gasteiger partial charge < -0.3 is 10.1 Å². The number of carbonyl (C=O) groups is 1. The Bertz CT molecular complexity index is 1230. The number of aryl methyl sites for hydroxylation is 1. The topological polar surface area (TPSA) is 56.1 Å². The zero-order valence-corrected chi connectivity index (χ0v) is 16.9. The van der Waals surface area contributed by atoms with E-state index in [-0.39, 0.29) is 5.56 Å². The van der Waals surface area contributed by atoms with Crippen molar-refractivity contribution in [3.05, 3.63) is 95.6 Å². The number of nitrogens with one attached hydrogen (secondary N) is 1. The van der Waals surface area contributed by atoms with Gasteiger partial charge in [0.05, 0.1) is 18.5 Å².